The molecule has 4 heteroatoms. The van der Waals surface area contributed by atoms with Crippen LogP contribution < -0.4 is 14.8 Å². The molecule has 1 saturated heterocycles. The molecule has 0 saturated carbocycles. The molecule has 2 aliphatic heterocycles. The molecule has 1 aromatic rings. The average molecular weight is 251 g/mol. The van der Waals surface area contributed by atoms with Gasteiger partial charge in [0.25, 0.3) is 0 Å². The van der Waals surface area contributed by atoms with Crippen molar-refractivity contribution in [2.45, 2.75) is 31.5 Å². The normalized spacial score (nSPS) is 24.6. The van der Waals surface area contributed by atoms with Gasteiger partial charge in [-0.1, -0.05) is 12.5 Å². The number of alkyl halides is 1. The van der Waals surface area contributed by atoms with Gasteiger partial charge in [0.05, 0.1) is 0 Å². The summed E-state index contributed by atoms with van der Waals surface area (Å²) in [5.74, 6) is 1.38. The maximum Gasteiger partial charge on any atom is 0.161 e. The molecule has 2 heterocycles. The second-order valence-corrected chi connectivity index (χ2v) is 4.86. The molecule has 0 radical (unpaired) electrons. The van der Waals surface area contributed by atoms with Gasteiger partial charge in [0.15, 0.2) is 11.5 Å². The summed E-state index contributed by atoms with van der Waals surface area (Å²) in [5.41, 5.74) is 0.679. The van der Waals surface area contributed by atoms with Gasteiger partial charge < -0.3 is 14.8 Å². The summed E-state index contributed by atoms with van der Waals surface area (Å²) in [6, 6.07) is 5.31. The second kappa shape index (κ2) is 5.14. The van der Waals surface area contributed by atoms with Gasteiger partial charge in [-0.2, -0.15) is 0 Å². The van der Waals surface area contributed by atoms with Gasteiger partial charge in [0.2, 0.25) is 0 Å². The van der Waals surface area contributed by atoms with Gasteiger partial charge in [0.1, 0.15) is 19.4 Å². The first-order chi connectivity index (χ1) is 8.84. The van der Waals surface area contributed by atoms with Gasteiger partial charge in [-0.05, 0) is 37.1 Å². The summed E-state index contributed by atoms with van der Waals surface area (Å²) in [5, 5.41) is 3.25. The zero-order valence-corrected chi connectivity index (χ0v) is 10.3. The molecule has 2 atom stereocenters. The largest absolute Gasteiger partial charge is 0.486 e. The van der Waals surface area contributed by atoms with E-state index in [4.69, 9.17) is 9.47 Å². The molecule has 1 N–H and O–H groups in total. The molecule has 0 aliphatic carbocycles. The standard InChI is InChI=1S/C14H18FNO2/c15-14(11-3-1-2-6-16-11)10-4-5-12-13(9-10)18-8-7-17-12/h4-5,9,11,14,16H,1-3,6-8H2. The van der Waals surface area contributed by atoms with Crippen molar-refractivity contribution in [2.75, 3.05) is 19.8 Å². The molecule has 2 unspecified atom stereocenters. The lowest BCUT2D eigenvalue weighted by molar-refractivity contribution is 0.170. The molecule has 1 aromatic carbocycles. The Morgan fingerprint density at radius 3 is 2.78 bits per heavy atom. The first-order valence-corrected chi connectivity index (χ1v) is 6.61. The van der Waals surface area contributed by atoms with Crippen molar-refractivity contribution in [3.63, 3.8) is 0 Å². The minimum Gasteiger partial charge on any atom is -0.486 e. The predicted octanol–water partition coefficient (Wildman–Crippen LogP) is 2.61. The highest BCUT2D eigenvalue weighted by Gasteiger charge is 2.25. The Bertz CT molecular complexity index is 418. The van der Waals surface area contributed by atoms with E-state index < -0.39 is 6.17 Å². The molecular formula is C14H18FNO2. The van der Waals surface area contributed by atoms with Gasteiger partial charge in [-0.3, -0.25) is 0 Å². The fourth-order valence-corrected chi connectivity index (χ4v) is 2.59. The highest BCUT2D eigenvalue weighted by molar-refractivity contribution is 5.44. The van der Waals surface area contributed by atoms with E-state index in [1.54, 1.807) is 18.2 Å². The van der Waals surface area contributed by atoms with Crippen LogP contribution in [0.25, 0.3) is 0 Å². The third-order valence-electron chi connectivity index (χ3n) is 3.59. The summed E-state index contributed by atoms with van der Waals surface area (Å²) < 4.78 is 25.4. The summed E-state index contributed by atoms with van der Waals surface area (Å²) in [6.07, 6.45) is 2.17. The van der Waals surface area contributed by atoms with Crippen LogP contribution in [-0.2, 0) is 0 Å². The molecule has 3 rings (SSSR count). The van der Waals surface area contributed by atoms with E-state index in [1.807, 2.05) is 0 Å². The van der Waals surface area contributed by atoms with Crippen molar-refractivity contribution in [1.82, 2.24) is 5.32 Å². The van der Waals surface area contributed by atoms with Crippen LogP contribution in [0.4, 0.5) is 4.39 Å². The number of benzene rings is 1. The van der Waals surface area contributed by atoms with Crippen LogP contribution >= 0.6 is 0 Å². The molecule has 0 bridgehead atoms. The van der Waals surface area contributed by atoms with E-state index in [9.17, 15) is 4.39 Å². The average Bonchev–Trinajstić information content (AvgIpc) is 2.47. The number of piperidine rings is 1. The first-order valence-electron chi connectivity index (χ1n) is 6.61. The smallest absolute Gasteiger partial charge is 0.161 e. The molecule has 18 heavy (non-hydrogen) atoms. The number of hydrogen-bond acceptors (Lipinski definition) is 3. The van der Waals surface area contributed by atoms with Crippen LogP contribution in [0.2, 0.25) is 0 Å². The molecule has 0 aromatic heterocycles. The van der Waals surface area contributed by atoms with Crippen LogP contribution in [0.1, 0.15) is 31.0 Å². The van der Waals surface area contributed by atoms with E-state index >= 15 is 0 Å². The van der Waals surface area contributed by atoms with Crippen molar-refractivity contribution in [2.24, 2.45) is 0 Å². The lowest BCUT2D eigenvalue weighted by atomic mass is 9.96. The van der Waals surface area contributed by atoms with Crippen molar-refractivity contribution in [3.8, 4) is 11.5 Å². The highest BCUT2D eigenvalue weighted by atomic mass is 19.1. The zero-order valence-electron chi connectivity index (χ0n) is 10.3. The minimum absolute atomic E-state index is 0.0682. The fraction of sp³-hybridized carbons (Fsp3) is 0.571. The van der Waals surface area contributed by atoms with Crippen LogP contribution in [0.5, 0.6) is 11.5 Å². The zero-order chi connectivity index (χ0) is 12.4. The van der Waals surface area contributed by atoms with Crippen molar-refractivity contribution in [3.05, 3.63) is 23.8 Å². The minimum atomic E-state index is -0.971. The van der Waals surface area contributed by atoms with Crippen LogP contribution in [-0.4, -0.2) is 25.8 Å². The van der Waals surface area contributed by atoms with Crippen molar-refractivity contribution >= 4 is 0 Å². The summed E-state index contributed by atoms with van der Waals surface area (Å²) in [7, 11) is 0. The highest BCUT2D eigenvalue weighted by Crippen LogP contribution is 2.35. The Balaban J connectivity index is 1.78. The van der Waals surface area contributed by atoms with E-state index in [2.05, 4.69) is 5.32 Å². The monoisotopic (exact) mass is 251 g/mol. The van der Waals surface area contributed by atoms with E-state index in [1.165, 1.54) is 0 Å². The summed E-state index contributed by atoms with van der Waals surface area (Å²) in [6.45, 7) is 2.01. The Labute approximate surface area is 106 Å². The summed E-state index contributed by atoms with van der Waals surface area (Å²) in [4.78, 5) is 0. The Kier molecular flexibility index (Phi) is 3.37. The quantitative estimate of drug-likeness (QED) is 0.876. The molecule has 0 amide bonds. The third-order valence-corrected chi connectivity index (χ3v) is 3.59. The van der Waals surface area contributed by atoms with Gasteiger partial charge in [-0.15, -0.1) is 0 Å². The molecule has 2 aliphatic rings. The molecule has 1 fully saturated rings. The van der Waals surface area contributed by atoms with Crippen LogP contribution in [0.3, 0.4) is 0 Å². The van der Waals surface area contributed by atoms with E-state index in [0.29, 0.717) is 30.3 Å². The van der Waals surface area contributed by atoms with Crippen molar-refractivity contribution in [1.29, 1.82) is 0 Å². The predicted molar refractivity (Wildman–Crippen MR) is 66.9 cm³/mol. The maximum absolute atomic E-state index is 14.4. The second-order valence-electron chi connectivity index (χ2n) is 4.86. The number of fused-ring (bicyclic) bond motifs is 1. The topological polar surface area (TPSA) is 30.5 Å². The lowest BCUT2D eigenvalue weighted by Crippen LogP contribution is -2.37. The molecular weight excluding hydrogens is 233 g/mol. The first kappa shape index (κ1) is 11.8. The fourth-order valence-electron chi connectivity index (χ4n) is 2.59. The van der Waals surface area contributed by atoms with E-state index in [0.717, 1.165) is 25.8 Å². The Morgan fingerprint density at radius 1 is 1.17 bits per heavy atom. The molecule has 3 nitrogen and oxygen atoms in total. The van der Waals surface area contributed by atoms with Gasteiger partial charge in [0, 0.05) is 6.04 Å². The lowest BCUT2D eigenvalue weighted by Gasteiger charge is -2.27. The number of ether oxygens (including phenoxy) is 2. The third kappa shape index (κ3) is 2.29. The Morgan fingerprint density at radius 2 is 2.00 bits per heavy atom. The summed E-state index contributed by atoms with van der Waals surface area (Å²) >= 11 is 0. The molecule has 0 spiro atoms. The number of hydrogen-bond donors (Lipinski definition) is 1. The number of rotatable bonds is 2. The van der Waals surface area contributed by atoms with Gasteiger partial charge in [-0.25, -0.2) is 4.39 Å². The van der Waals surface area contributed by atoms with Gasteiger partial charge >= 0.3 is 0 Å². The van der Waals surface area contributed by atoms with Crippen LogP contribution in [0.15, 0.2) is 18.2 Å². The number of halogens is 1. The van der Waals surface area contributed by atoms with Crippen LogP contribution in [0, 0.1) is 0 Å². The van der Waals surface area contributed by atoms with E-state index in [-0.39, 0.29) is 6.04 Å². The molecule has 98 valence electrons. The number of nitrogens with one attached hydrogen (secondary N) is 1. The Hall–Kier alpha value is -1.29. The van der Waals surface area contributed by atoms with Crippen molar-refractivity contribution < 1.29 is 13.9 Å². The SMILES string of the molecule is FC(c1ccc2c(c1)OCCO2)C1CCCCN1. The maximum atomic E-state index is 14.4.